The van der Waals surface area contributed by atoms with Gasteiger partial charge in [-0.25, -0.2) is 0 Å². The van der Waals surface area contributed by atoms with E-state index < -0.39 is 0 Å². The Morgan fingerprint density at radius 2 is 2.06 bits per heavy atom. The maximum atomic E-state index is 11.4. The predicted octanol–water partition coefficient (Wildman–Crippen LogP) is 2.10. The minimum absolute atomic E-state index is 0.0338. The fourth-order valence-electron chi connectivity index (χ4n) is 1.43. The molecule has 0 fully saturated rings. The van der Waals surface area contributed by atoms with Crippen LogP contribution >= 0.6 is 0 Å². The smallest absolute Gasteiger partial charge is 0.204 e. The molecule has 0 bridgehead atoms. The second kappa shape index (κ2) is 5.30. The molecule has 0 unspecified atom stereocenters. The molecule has 2 rings (SSSR count). The summed E-state index contributed by atoms with van der Waals surface area (Å²) in [7, 11) is 1.62. The molecule has 1 aliphatic rings. The summed E-state index contributed by atoms with van der Waals surface area (Å²) in [6, 6.07) is 7.51. The minimum atomic E-state index is -0.0338. The number of ketones is 1. The van der Waals surface area contributed by atoms with Gasteiger partial charge < -0.3 is 9.47 Å². The van der Waals surface area contributed by atoms with E-state index in [1.165, 1.54) is 6.20 Å². The highest BCUT2D eigenvalue weighted by atomic mass is 16.5. The molecular weight excluding hydrogens is 218 g/mol. The molecule has 88 valence electrons. The van der Waals surface area contributed by atoms with Gasteiger partial charge in [-0.15, -0.1) is 0 Å². The van der Waals surface area contributed by atoms with Gasteiger partial charge in [0.2, 0.25) is 5.78 Å². The largest absolute Gasteiger partial charge is 0.497 e. The second-order valence-electron chi connectivity index (χ2n) is 3.59. The fraction of sp³-hybridized carbons (Fsp3) is 0.231. The van der Waals surface area contributed by atoms with Gasteiger partial charge in [0.25, 0.3) is 0 Å². The molecule has 1 aromatic carbocycles. The van der Waals surface area contributed by atoms with E-state index in [9.17, 15) is 4.79 Å². The van der Waals surface area contributed by atoms with Gasteiger partial charge in [0.1, 0.15) is 12.4 Å². The number of nitrogens with zero attached hydrogens (tertiary/aromatic N) is 1. The van der Waals surface area contributed by atoms with E-state index in [0.717, 1.165) is 11.3 Å². The summed E-state index contributed by atoms with van der Waals surface area (Å²) in [5, 5.41) is 0. The first-order valence-electron chi connectivity index (χ1n) is 5.30. The summed E-state index contributed by atoms with van der Waals surface area (Å²) in [5.74, 6) is 1.09. The van der Waals surface area contributed by atoms with E-state index in [2.05, 4.69) is 4.99 Å². The molecule has 17 heavy (non-hydrogen) atoms. The monoisotopic (exact) mass is 231 g/mol. The Morgan fingerprint density at radius 3 is 2.71 bits per heavy atom. The lowest BCUT2D eigenvalue weighted by Crippen LogP contribution is -2.09. The summed E-state index contributed by atoms with van der Waals surface area (Å²) in [6.45, 7) is 0.358. The maximum absolute atomic E-state index is 11.4. The number of carbonyl (C=O) groups excluding carboxylic acids is 1. The number of rotatable bonds is 4. The number of aliphatic imine (C=N–C) groups is 1. The van der Waals surface area contributed by atoms with Gasteiger partial charge in [0, 0.05) is 12.6 Å². The van der Waals surface area contributed by atoms with Gasteiger partial charge in [0.15, 0.2) is 5.76 Å². The van der Waals surface area contributed by atoms with E-state index in [1.54, 1.807) is 13.3 Å². The Balaban J connectivity index is 1.95. The van der Waals surface area contributed by atoms with Crippen LogP contribution in [0.4, 0.5) is 0 Å². The molecule has 4 nitrogen and oxygen atoms in total. The Labute approximate surface area is 99.6 Å². The molecular formula is C13H13NO3. The zero-order valence-electron chi connectivity index (χ0n) is 9.55. The molecule has 0 saturated heterocycles. The van der Waals surface area contributed by atoms with Crippen molar-refractivity contribution in [2.24, 2.45) is 4.99 Å². The van der Waals surface area contributed by atoms with Crippen LogP contribution in [0.1, 0.15) is 12.0 Å². The third kappa shape index (κ3) is 2.93. The average Bonchev–Trinajstić information content (AvgIpc) is 2.38. The number of hydrogen-bond donors (Lipinski definition) is 0. The molecule has 0 spiro atoms. The van der Waals surface area contributed by atoms with Crippen molar-refractivity contribution < 1.29 is 14.3 Å². The third-order valence-electron chi connectivity index (χ3n) is 2.40. The highest BCUT2D eigenvalue weighted by Gasteiger charge is 2.12. The molecule has 1 aliphatic heterocycles. The molecule has 0 aromatic heterocycles. The molecule has 0 aliphatic carbocycles. The van der Waals surface area contributed by atoms with Crippen molar-refractivity contribution in [1.82, 2.24) is 0 Å². The van der Waals surface area contributed by atoms with Crippen molar-refractivity contribution in [3.8, 4) is 5.75 Å². The first kappa shape index (κ1) is 11.4. The first-order valence-corrected chi connectivity index (χ1v) is 5.30. The van der Waals surface area contributed by atoms with Gasteiger partial charge in [-0.1, -0.05) is 12.1 Å². The van der Waals surface area contributed by atoms with Crippen LogP contribution in [-0.2, 0) is 16.1 Å². The van der Waals surface area contributed by atoms with Crippen LogP contribution in [0.3, 0.4) is 0 Å². The van der Waals surface area contributed by atoms with Gasteiger partial charge >= 0.3 is 0 Å². The molecule has 0 radical (unpaired) electrons. The molecule has 0 amide bonds. The lowest BCUT2D eigenvalue weighted by atomic mass is 10.2. The normalized spacial score (nSPS) is 14.4. The van der Waals surface area contributed by atoms with E-state index in [1.807, 2.05) is 24.3 Å². The Morgan fingerprint density at radius 1 is 1.29 bits per heavy atom. The van der Waals surface area contributed by atoms with E-state index in [4.69, 9.17) is 9.47 Å². The van der Waals surface area contributed by atoms with Gasteiger partial charge in [0.05, 0.1) is 13.3 Å². The van der Waals surface area contributed by atoms with Crippen LogP contribution in [0.2, 0.25) is 0 Å². The zero-order chi connectivity index (χ0) is 12.1. The number of hydrogen-bond acceptors (Lipinski definition) is 4. The van der Waals surface area contributed by atoms with Crippen LogP contribution in [0.5, 0.6) is 5.75 Å². The summed E-state index contributed by atoms with van der Waals surface area (Å²) in [6.07, 6.45) is 3.34. The van der Waals surface area contributed by atoms with Crippen molar-refractivity contribution in [3.05, 3.63) is 41.8 Å². The summed E-state index contributed by atoms with van der Waals surface area (Å²) < 4.78 is 10.5. The quantitative estimate of drug-likeness (QED) is 0.797. The first-order chi connectivity index (χ1) is 8.29. The Kier molecular flexibility index (Phi) is 3.55. The minimum Gasteiger partial charge on any atom is -0.497 e. The number of carbonyl (C=O) groups is 1. The SMILES string of the molecule is COc1ccc(COC2=CN=CCC2=O)cc1. The molecule has 1 heterocycles. The molecule has 0 N–H and O–H groups in total. The highest BCUT2D eigenvalue weighted by molar-refractivity contribution is 6.03. The summed E-state index contributed by atoms with van der Waals surface area (Å²) in [5.41, 5.74) is 0.981. The number of benzene rings is 1. The van der Waals surface area contributed by atoms with Crippen LogP contribution in [0.25, 0.3) is 0 Å². The average molecular weight is 231 g/mol. The molecule has 0 atom stereocenters. The van der Waals surface area contributed by atoms with Crippen molar-refractivity contribution >= 4 is 12.0 Å². The van der Waals surface area contributed by atoms with Gasteiger partial charge in [-0.05, 0) is 17.7 Å². The van der Waals surface area contributed by atoms with Gasteiger partial charge in [-0.2, -0.15) is 0 Å². The Hall–Kier alpha value is -2.10. The van der Waals surface area contributed by atoms with Gasteiger partial charge in [-0.3, -0.25) is 9.79 Å². The van der Waals surface area contributed by atoms with Crippen molar-refractivity contribution in [2.75, 3.05) is 7.11 Å². The summed E-state index contributed by atoms with van der Waals surface area (Å²) >= 11 is 0. The maximum Gasteiger partial charge on any atom is 0.204 e. The third-order valence-corrected chi connectivity index (χ3v) is 2.40. The standard InChI is InChI=1S/C13H13NO3/c1-16-11-4-2-10(3-5-11)9-17-13-8-14-7-6-12(13)15/h2-5,7-8H,6,9H2,1H3. The zero-order valence-corrected chi connectivity index (χ0v) is 9.55. The van der Waals surface area contributed by atoms with Crippen LogP contribution in [-0.4, -0.2) is 19.1 Å². The van der Waals surface area contributed by atoms with Crippen LogP contribution in [0, 0.1) is 0 Å². The lowest BCUT2D eigenvalue weighted by molar-refractivity contribution is -0.118. The van der Waals surface area contributed by atoms with E-state index in [0.29, 0.717) is 18.8 Å². The Bertz CT molecular complexity index is 460. The van der Waals surface area contributed by atoms with E-state index >= 15 is 0 Å². The lowest BCUT2D eigenvalue weighted by Gasteiger charge is -2.10. The van der Waals surface area contributed by atoms with Crippen LogP contribution in [0.15, 0.2) is 41.2 Å². The van der Waals surface area contributed by atoms with E-state index in [-0.39, 0.29) is 5.78 Å². The van der Waals surface area contributed by atoms with Crippen molar-refractivity contribution in [1.29, 1.82) is 0 Å². The number of ether oxygens (including phenoxy) is 2. The van der Waals surface area contributed by atoms with Crippen LogP contribution < -0.4 is 4.74 Å². The number of methoxy groups -OCH3 is 1. The topological polar surface area (TPSA) is 47.9 Å². The van der Waals surface area contributed by atoms with Crippen molar-refractivity contribution in [2.45, 2.75) is 13.0 Å². The second-order valence-corrected chi connectivity index (χ2v) is 3.59. The fourth-order valence-corrected chi connectivity index (χ4v) is 1.43. The molecule has 1 aromatic rings. The summed E-state index contributed by atoms with van der Waals surface area (Å²) in [4.78, 5) is 15.3. The predicted molar refractivity (Wildman–Crippen MR) is 64.0 cm³/mol. The number of allylic oxidation sites excluding steroid dienone is 1. The molecule has 4 heteroatoms. The molecule has 0 saturated carbocycles. The van der Waals surface area contributed by atoms with Crippen molar-refractivity contribution in [3.63, 3.8) is 0 Å². The highest BCUT2D eigenvalue weighted by Crippen LogP contribution is 2.14. The number of Topliss-reactive ketones (excluding diaryl/α,β-unsaturated/α-hetero) is 1.